The Morgan fingerprint density at radius 1 is 1.47 bits per heavy atom. The van der Waals surface area contributed by atoms with Crippen LogP contribution in [0.25, 0.3) is 0 Å². The summed E-state index contributed by atoms with van der Waals surface area (Å²) in [4.78, 5) is 0. The van der Waals surface area contributed by atoms with E-state index in [0.717, 1.165) is 38.1 Å². The van der Waals surface area contributed by atoms with Crippen molar-refractivity contribution in [2.24, 2.45) is 5.73 Å². The fraction of sp³-hybridized carbons (Fsp3) is 0.800. The summed E-state index contributed by atoms with van der Waals surface area (Å²) in [5.74, 6) is 0. The van der Waals surface area contributed by atoms with Crippen molar-refractivity contribution in [3.8, 4) is 0 Å². The van der Waals surface area contributed by atoms with Crippen LogP contribution in [0.1, 0.15) is 25.5 Å². The lowest BCUT2D eigenvalue weighted by Gasteiger charge is -2.01. The lowest BCUT2D eigenvalue weighted by atomic mass is 10.2. The Balaban J connectivity index is 2.20. The van der Waals surface area contributed by atoms with Crippen molar-refractivity contribution in [2.45, 2.75) is 32.7 Å². The van der Waals surface area contributed by atoms with Crippen LogP contribution in [-0.4, -0.2) is 34.8 Å². The monoisotopic (exact) mass is 212 g/mol. The number of aryl methyl sites for hydroxylation is 1. The highest BCUT2D eigenvalue weighted by atomic mass is 16.5. The molecule has 5 heteroatoms. The number of aromatic nitrogens is 3. The van der Waals surface area contributed by atoms with Crippen LogP contribution in [0, 0.1) is 0 Å². The van der Waals surface area contributed by atoms with Gasteiger partial charge >= 0.3 is 0 Å². The summed E-state index contributed by atoms with van der Waals surface area (Å²) in [7, 11) is 0. The minimum atomic E-state index is 0.701. The zero-order valence-corrected chi connectivity index (χ0v) is 9.35. The van der Waals surface area contributed by atoms with Crippen molar-refractivity contribution in [1.29, 1.82) is 0 Å². The maximum Gasteiger partial charge on any atom is 0.0827 e. The van der Waals surface area contributed by atoms with Crippen LogP contribution in [0.15, 0.2) is 6.20 Å². The van der Waals surface area contributed by atoms with Gasteiger partial charge in [0, 0.05) is 12.8 Å². The Bertz CT molecular complexity index is 262. The van der Waals surface area contributed by atoms with E-state index in [-0.39, 0.29) is 0 Å². The first-order valence-corrected chi connectivity index (χ1v) is 5.53. The van der Waals surface area contributed by atoms with Gasteiger partial charge in [-0.05, 0) is 25.8 Å². The molecule has 86 valence electrons. The van der Waals surface area contributed by atoms with Crippen molar-refractivity contribution in [3.63, 3.8) is 0 Å². The third-order valence-corrected chi connectivity index (χ3v) is 2.04. The Morgan fingerprint density at radius 2 is 2.33 bits per heavy atom. The van der Waals surface area contributed by atoms with Gasteiger partial charge in [-0.3, -0.25) is 0 Å². The van der Waals surface area contributed by atoms with E-state index in [1.807, 2.05) is 10.9 Å². The summed E-state index contributed by atoms with van der Waals surface area (Å²) in [5.41, 5.74) is 6.43. The first kappa shape index (κ1) is 12.1. The summed E-state index contributed by atoms with van der Waals surface area (Å²) in [6.07, 6.45) is 4.89. The largest absolute Gasteiger partial charge is 0.380 e. The van der Waals surface area contributed by atoms with Crippen LogP contribution < -0.4 is 5.73 Å². The second-order valence-electron chi connectivity index (χ2n) is 3.48. The SMILES string of the molecule is CCCOCCn1cc(CCCN)nn1. The molecule has 0 aliphatic heterocycles. The normalized spacial score (nSPS) is 10.8. The maximum atomic E-state index is 5.42. The van der Waals surface area contributed by atoms with Gasteiger partial charge in [-0.15, -0.1) is 5.10 Å². The molecule has 0 aromatic carbocycles. The van der Waals surface area contributed by atoms with Gasteiger partial charge < -0.3 is 10.5 Å². The topological polar surface area (TPSA) is 66.0 Å². The molecule has 1 rings (SSSR count). The summed E-state index contributed by atoms with van der Waals surface area (Å²) in [6, 6.07) is 0. The minimum Gasteiger partial charge on any atom is -0.380 e. The standard InChI is InChI=1S/C10H20N4O/c1-2-7-15-8-6-14-9-10(12-13-14)4-3-5-11/h9H,2-8,11H2,1H3. The molecule has 0 radical (unpaired) electrons. The van der Waals surface area contributed by atoms with Crippen LogP contribution in [0.3, 0.4) is 0 Å². The van der Waals surface area contributed by atoms with Gasteiger partial charge in [-0.1, -0.05) is 12.1 Å². The molecule has 5 nitrogen and oxygen atoms in total. The van der Waals surface area contributed by atoms with E-state index in [1.165, 1.54) is 0 Å². The van der Waals surface area contributed by atoms with E-state index >= 15 is 0 Å². The van der Waals surface area contributed by atoms with Crippen molar-refractivity contribution >= 4 is 0 Å². The first-order chi connectivity index (χ1) is 7.36. The molecule has 1 aromatic rings. The maximum absolute atomic E-state index is 5.42. The average Bonchev–Trinajstić information content (AvgIpc) is 2.69. The smallest absolute Gasteiger partial charge is 0.0827 e. The minimum absolute atomic E-state index is 0.701. The number of hydrogen-bond acceptors (Lipinski definition) is 4. The van der Waals surface area contributed by atoms with Crippen LogP contribution in [0.5, 0.6) is 0 Å². The molecular weight excluding hydrogens is 192 g/mol. The van der Waals surface area contributed by atoms with E-state index in [9.17, 15) is 0 Å². The third-order valence-electron chi connectivity index (χ3n) is 2.04. The Morgan fingerprint density at radius 3 is 3.07 bits per heavy atom. The molecule has 0 fully saturated rings. The van der Waals surface area contributed by atoms with Gasteiger partial charge in [0.1, 0.15) is 0 Å². The van der Waals surface area contributed by atoms with Crippen molar-refractivity contribution in [3.05, 3.63) is 11.9 Å². The molecule has 1 aromatic heterocycles. The fourth-order valence-corrected chi connectivity index (χ4v) is 1.25. The second kappa shape index (κ2) is 7.36. The summed E-state index contributed by atoms with van der Waals surface area (Å²) < 4.78 is 7.19. The fourth-order valence-electron chi connectivity index (χ4n) is 1.25. The molecule has 0 amide bonds. The molecule has 0 aliphatic carbocycles. The van der Waals surface area contributed by atoms with E-state index in [2.05, 4.69) is 17.2 Å². The van der Waals surface area contributed by atoms with E-state index in [4.69, 9.17) is 10.5 Å². The number of nitrogens with two attached hydrogens (primary N) is 1. The summed E-state index contributed by atoms with van der Waals surface area (Å²) >= 11 is 0. The summed E-state index contributed by atoms with van der Waals surface area (Å²) in [6.45, 7) is 5.09. The highest BCUT2D eigenvalue weighted by Gasteiger charge is 1.99. The lowest BCUT2D eigenvalue weighted by molar-refractivity contribution is 0.124. The van der Waals surface area contributed by atoms with Gasteiger partial charge in [-0.2, -0.15) is 0 Å². The lowest BCUT2D eigenvalue weighted by Crippen LogP contribution is -2.07. The van der Waals surface area contributed by atoms with Gasteiger partial charge in [0.2, 0.25) is 0 Å². The Labute approximate surface area is 90.6 Å². The predicted octanol–water partition coefficient (Wildman–Crippen LogP) is 0.596. The highest BCUT2D eigenvalue weighted by molar-refractivity contribution is 4.92. The van der Waals surface area contributed by atoms with Crippen molar-refractivity contribution < 1.29 is 4.74 Å². The highest BCUT2D eigenvalue weighted by Crippen LogP contribution is 1.97. The molecule has 0 saturated carbocycles. The zero-order valence-electron chi connectivity index (χ0n) is 9.35. The van der Waals surface area contributed by atoms with E-state index in [0.29, 0.717) is 13.2 Å². The average molecular weight is 212 g/mol. The predicted molar refractivity (Wildman–Crippen MR) is 58.5 cm³/mol. The Hall–Kier alpha value is -0.940. The number of nitrogens with zero attached hydrogens (tertiary/aromatic N) is 3. The zero-order chi connectivity index (χ0) is 10.9. The molecule has 15 heavy (non-hydrogen) atoms. The molecule has 0 bridgehead atoms. The quantitative estimate of drug-likeness (QED) is 0.641. The van der Waals surface area contributed by atoms with Crippen LogP contribution >= 0.6 is 0 Å². The van der Waals surface area contributed by atoms with Crippen molar-refractivity contribution in [2.75, 3.05) is 19.8 Å². The molecule has 0 aliphatic rings. The molecule has 1 heterocycles. The molecule has 0 saturated heterocycles. The molecule has 0 atom stereocenters. The number of hydrogen-bond donors (Lipinski definition) is 1. The molecule has 0 spiro atoms. The number of rotatable bonds is 8. The summed E-state index contributed by atoms with van der Waals surface area (Å²) in [5, 5.41) is 8.07. The van der Waals surface area contributed by atoms with Gasteiger partial charge in [0.05, 0.1) is 18.8 Å². The van der Waals surface area contributed by atoms with Crippen LogP contribution in [-0.2, 0) is 17.7 Å². The van der Waals surface area contributed by atoms with Gasteiger partial charge in [0.15, 0.2) is 0 Å². The van der Waals surface area contributed by atoms with Gasteiger partial charge in [0.25, 0.3) is 0 Å². The Kier molecular flexibility index (Phi) is 5.96. The van der Waals surface area contributed by atoms with Gasteiger partial charge in [-0.25, -0.2) is 4.68 Å². The second-order valence-corrected chi connectivity index (χ2v) is 3.48. The molecular formula is C10H20N4O. The first-order valence-electron chi connectivity index (χ1n) is 5.53. The molecule has 2 N–H and O–H groups in total. The van der Waals surface area contributed by atoms with Crippen molar-refractivity contribution in [1.82, 2.24) is 15.0 Å². The van der Waals surface area contributed by atoms with E-state index < -0.39 is 0 Å². The third kappa shape index (κ3) is 4.90. The van der Waals surface area contributed by atoms with Crippen LogP contribution in [0.4, 0.5) is 0 Å². The van der Waals surface area contributed by atoms with E-state index in [1.54, 1.807) is 0 Å². The van der Waals surface area contributed by atoms with Crippen LogP contribution in [0.2, 0.25) is 0 Å². The number of ether oxygens (including phenoxy) is 1. The molecule has 0 unspecified atom stereocenters.